The van der Waals surface area contributed by atoms with Crippen LogP contribution < -0.4 is 9.75 Å². The fourth-order valence-corrected chi connectivity index (χ4v) is 3.75. The van der Waals surface area contributed by atoms with Crippen LogP contribution in [0, 0.1) is 5.92 Å². The largest absolute Gasteiger partial charge is 0.136 e. The van der Waals surface area contributed by atoms with Gasteiger partial charge in [-0.25, -0.2) is 0 Å². The van der Waals surface area contributed by atoms with Crippen LogP contribution in [-0.2, 0) is 0 Å². The number of thiophene rings is 1. The van der Waals surface area contributed by atoms with E-state index in [0.717, 1.165) is 0 Å². The Balaban J connectivity index is 0.000000774. The first-order valence-corrected chi connectivity index (χ1v) is 8.60. The number of fused-ring (bicyclic) bond motifs is 2. The average Bonchev–Trinajstić information content (AvgIpc) is 2.77. The molecule has 3 rings (SSSR count). The third-order valence-corrected chi connectivity index (χ3v) is 4.90. The molecule has 0 saturated heterocycles. The summed E-state index contributed by atoms with van der Waals surface area (Å²) in [6.45, 7) is 10.5. The number of hydrogen-bond donors (Lipinski definition) is 0. The highest BCUT2D eigenvalue weighted by atomic mass is 32.1. The van der Waals surface area contributed by atoms with E-state index in [1.165, 1.54) is 31.0 Å². The van der Waals surface area contributed by atoms with E-state index < -0.39 is 0 Å². The first kappa shape index (κ1) is 15.8. The number of rotatable bonds is 0. The standard InChI is InChI=1S/C18H18S.C2H6/c1-4-15-16-10-13-8-6-12(3)7-9-14(13)11-18(16)19-17(15)5-2;1-2/h4-12H,1-3H3;1-2H3/b15-4-,17-5+;. The van der Waals surface area contributed by atoms with E-state index >= 15 is 0 Å². The molecular formula is C20H24S. The fourth-order valence-electron chi connectivity index (χ4n) is 2.59. The zero-order valence-corrected chi connectivity index (χ0v) is 14.4. The summed E-state index contributed by atoms with van der Waals surface area (Å²) in [6, 6.07) is 4.66. The molecule has 0 nitrogen and oxygen atoms in total. The van der Waals surface area contributed by atoms with Crippen molar-refractivity contribution in [1.29, 1.82) is 0 Å². The maximum atomic E-state index is 2.34. The highest BCUT2D eigenvalue weighted by Gasteiger charge is 2.07. The molecule has 0 aliphatic heterocycles. The zero-order valence-electron chi connectivity index (χ0n) is 13.6. The minimum absolute atomic E-state index is 0.516. The van der Waals surface area contributed by atoms with E-state index in [4.69, 9.17) is 0 Å². The predicted octanol–water partition coefficient (Wildman–Crippen LogP) is 5.20. The molecule has 1 heteroatoms. The Hall–Kier alpha value is -1.60. The topological polar surface area (TPSA) is 0 Å². The molecule has 0 amide bonds. The van der Waals surface area contributed by atoms with Crippen molar-refractivity contribution < 1.29 is 0 Å². The summed E-state index contributed by atoms with van der Waals surface area (Å²) in [5.74, 6) is 0.516. The van der Waals surface area contributed by atoms with Gasteiger partial charge in [-0.2, -0.15) is 0 Å². The lowest BCUT2D eigenvalue weighted by atomic mass is 10.0. The third kappa shape index (κ3) is 3.03. The van der Waals surface area contributed by atoms with Crippen molar-refractivity contribution in [3.05, 3.63) is 45.2 Å². The Kier molecular flexibility index (Phi) is 5.19. The molecule has 0 fully saturated rings. The first-order valence-electron chi connectivity index (χ1n) is 7.78. The van der Waals surface area contributed by atoms with Crippen LogP contribution in [0.2, 0.25) is 0 Å². The first-order chi connectivity index (χ1) is 10.2. The van der Waals surface area contributed by atoms with Gasteiger partial charge in [-0.15, -0.1) is 11.3 Å². The molecule has 0 N–H and O–H groups in total. The highest BCUT2D eigenvalue weighted by molar-refractivity contribution is 7.17. The molecule has 0 radical (unpaired) electrons. The van der Waals surface area contributed by atoms with E-state index in [9.17, 15) is 0 Å². The molecule has 2 aromatic rings. The van der Waals surface area contributed by atoms with Gasteiger partial charge in [-0.3, -0.25) is 0 Å². The summed E-state index contributed by atoms with van der Waals surface area (Å²) in [5.41, 5.74) is 2.66. The predicted molar refractivity (Wildman–Crippen MR) is 99.9 cm³/mol. The van der Waals surface area contributed by atoms with Crippen molar-refractivity contribution >= 4 is 45.7 Å². The summed E-state index contributed by atoms with van der Waals surface area (Å²) in [4.78, 5) is 0. The second-order valence-electron chi connectivity index (χ2n) is 5.01. The van der Waals surface area contributed by atoms with Gasteiger partial charge >= 0.3 is 0 Å². The van der Waals surface area contributed by atoms with Crippen molar-refractivity contribution in [2.45, 2.75) is 34.6 Å². The monoisotopic (exact) mass is 296 g/mol. The maximum absolute atomic E-state index is 2.34. The van der Waals surface area contributed by atoms with Gasteiger partial charge < -0.3 is 0 Å². The van der Waals surface area contributed by atoms with Crippen molar-refractivity contribution in [1.82, 2.24) is 0 Å². The molecule has 110 valence electrons. The lowest BCUT2D eigenvalue weighted by Crippen LogP contribution is -2.17. The minimum Gasteiger partial charge on any atom is -0.136 e. The van der Waals surface area contributed by atoms with Gasteiger partial charge in [0.05, 0.1) is 0 Å². The van der Waals surface area contributed by atoms with E-state index in [1.807, 2.05) is 25.2 Å². The molecule has 1 aromatic heterocycles. The summed E-state index contributed by atoms with van der Waals surface area (Å²) in [7, 11) is 0. The average molecular weight is 296 g/mol. The normalized spacial score (nSPS) is 18.4. The SMILES string of the molecule is C/C=c1\c(=C/C)sc2cc3c(cc12)C=CC(C)C=C3.CC. The van der Waals surface area contributed by atoms with Crippen molar-refractivity contribution in [3.8, 4) is 0 Å². The molecule has 1 aliphatic carbocycles. The number of allylic oxidation sites excluding steroid dienone is 2. The Bertz CT molecular complexity index is 800. The van der Waals surface area contributed by atoms with Crippen LogP contribution in [0.5, 0.6) is 0 Å². The second-order valence-corrected chi connectivity index (χ2v) is 6.10. The summed E-state index contributed by atoms with van der Waals surface area (Å²) in [6.07, 6.45) is 13.5. The van der Waals surface area contributed by atoms with Crippen LogP contribution in [0.4, 0.5) is 0 Å². The zero-order chi connectivity index (χ0) is 15.4. The van der Waals surface area contributed by atoms with Gasteiger partial charge in [-0.1, -0.05) is 57.2 Å². The van der Waals surface area contributed by atoms with Crippen LogP contribution in [0.1, 0.15) is 45.7 Å². The lowest BCUT2D eigenvalue weighted by molar-refractivity contribution is 0.954. The van der Waals surface area contributed by atoms with Gasteiger partial charge in [0.25, 0.3) is 0 Å². The Morgan fingerprint density at radius 1 is 0.952 bits per heavy atom. The molecular weight excluding hydrogens is 272 g/mol. The molecule has 0 saturated carbocycles. The van der Waals surface area contributed by atoms with Crippen LogP contribution in [0.25, 0.3) is 34.4 Å². The van der Waals surface area contributed by atoms with Crippen LogP contribution in [0.3, 0.4) is 0 Å². The molecule has 1 heterocycles. The highest BCUT2D eigenvalue weighted by Crippen LogP contribution is 2.25. The lowest BCUT2D eigenvalue weighted by Gasteiger charge is -2.00. The van der Waals surface area contributed by atoms with Gasteiger partial charge in [0.1, 0.15) is 0 Å². The minimum atomic E-state index is 0.516. The Morgan fingerprint density at radius 2 is 1.57 bits per heavy atom. The molecule has 0 spiro atoms. The third-order valence-electron chi connectivity index (χ3n) is 3.67. The van der Waals surface area contributed by atoms with E-state index in [0.29, 0.717) is 5.92 Å². The number of hydrogen-bond acceptors (Lipinski definition) is 1. The second kappa shape index (κ2) is 6.91. The Morgan fingerprint density at radius 3 is 2.14 bits per heavy atom. The fraction of sp³-hybridized carbons (Fsp3) is 0.300. The van der Waals surface area contributed by atoms with Crippen molar-refractivity contribution in [2.24, 2.45) is 5.92 Å². The van der Waals surface area contributed by atoms with Gasteiger partial charge in [0.2, 0.25) is 0 Å². The molecule has 1 aliphatic rings. The summed E-state index contributed by atoms with van der Waals surface area (Å²) < 4.78 is 2.76. The van der Waals surface area contributed by atoms with Crippen molar-refractivity contribution in [3.63, 3.8) is 0 Å². The van der Waals surface area contributed by atoms with Crippen LogP contribution in [-0.4, -0.2) is 0 Å². The maximum Gasteiger partial charge on any atom is 0.0361 e. The van der Waals surface area contributed by atoms with E-state index in [1.54, 1.807) is 0 Å². The smallest absolute Gasteiger partial charge is 0.0361 e. The van der Waals surface area contributed by atoms with Gasteiger partial charge in [-0.05, 0) is 48.2 Å². The quantitative estimate of drug-likeness (QED) is 0.626. The summed E-state index contributed by atoms with van der Waals surface area (Å²) in [5, 5.41) is 2.76. The molecule has 1 aromatic carbocycles. The van der Waals surface area contributed by atoms with E-state index in [2.05, 4.69) is 69.4 Å². The van der Waals surface area contributed by atoms with Crippen molar-refractivity contribution in [2.75, 3.05) is 0 Å². The molecule has 21 heavy (non-hydrogen) atoms. The van der Waals surface area contributed by atoms with Crippen LogP contribution >= 0.6 is 11.3 Å². The Labute approximate surface area is 131 Å². The van der Waals surface area contributed by atoms with Gasteiger partial charge in [0, 0.05) is 14.6 Å². The molecule has 0 bridgehead atoms. The molecule has 1 atom stereocenters. The van der Waals surface area contributed by atoms with Gasteiger partial charge in [0.15, 0.2) is 0 Å². The molecule has 1 unspecified atom stereocenters. The van der Waals surface area contributed by atoms with E-state index in [-0.39, 0.29) is 0 Å². The number of benzene rings is 1. The summed E-state index contributed by atoms with van der Waals surface area (Å²) >= 11 is 1.88. The van der Waals surface area contributed by atoms with Crippen LogP contribution in [0.15, 0.2) is 24.3 Å².